The summed E-state index contributed by atoms with van der Waals surface area (Å²) in [6.45, 7) is 48.9. The minimum atomic E-state index is -3.84. The van der Waals surface area contributed by atoms with Crippen LogP contribution in [-0.4, -0.2) is 142 Å². The molecule has 7 atom stereocenters. The summed E-state index contributed by atoms with van der Waals surface area (Å²) < 4.78 is 110. The number of rotatable bonds is 59. The van der Waals surface area contributed by atoms with Gasteiger partial charge in [-0.05, 0) is 107 Å². The molecule has 0 heterocycles. The van der Waals surface area contributed by atoms with Crippen molar-refractivity contribution < 1.29 is 77.4 Å². The molecule has 0 fully saturated rings. The van der Waals surface area contributed by atoms with Crippen molar-refractivity contribution in [2.75, 3.05) is 99.7 Å². The van der Waals surface area contributed by atoms with Gasteiger partial charge in [-0.3, -0.25) is 13.8 Å². The molecular formula is C55H117O17P7S7. The number of carbonyl (C=O) groups is 1. The molecule has 0 aliphatic carbocycles. The summed E-state index contributed by atoms with van der Waals surface area (Å²) in [5.74, 6) is 6.12. The Morgan fingerprint density at radius 1 is 0.337 bits per heavy atom. The Labute approximate surface area is 560 Å². The molecule has 0 saturated heterocycles. The minimum Gasteiger partial charge on any atom is -0.466 e. The fourth-order valence-corrected chi connectivity index (χ4v) is 29.7. The maximum atomic E-state index is 15.1. The number of hydrogen-bond acceptors (Lipinski definition) is 24. The van der Waals surface area contributed by atoms with Gasteiger partial charge in [0.25, 0.3) is 0 Å². The number of ether oxygens (including phenoxy) is 1. The molecule has 0 radical (unpaired) electrons. The Morgan fingerprint density at radius 2 is 0.570 bits per heavy atom. The lowest BCUT2D eigenvalue weighted by Gasteiger charge is -2.28. The summed E-state index contributed by atoms with van der Waals surface area (Å²) >= 11 is 10.6. The summed E-state index contributed by atoms with van der Waals surface area (Å²) in [6, 6.07) is 0. The molecule has 0 aliphatic rings. The third-order valence-electron chi connectivity index (χ3n) is 9.14. The van der Waals surface area contributed by atoms with Crippen LogP contribution in [0.4, 0.5) is 0 Å². The van der Waals surface area contributed by atoms with Gasteiger partial charge < -0.3 is 59.0 Å². The molecule has 7 unspecified atom stereocenters. The Morgan fingerprint density at radius 3 is 0.826 bits per heavy atom. The standard InChI is InChI=1S/C55H117O17P7S7/c1-24-58-55(56)25-26-80-77(67-51(20)37-85-78(68-49(18)35-81-73(59-27-41(2)3)60-28-42(4)5)69-50(19)36-82-74(61-29-43(6)7)62-30-44(8)9)70-52(21)40-86-79(57,71-53(22)38-83-75(63-31-45(10)11)64-32-46(12)13)72-54(23)39-84-76(65-33-47(14)15)66-34-48(16)17/h41-54H,24-40H2,1-23H3. The fourth-order valence-electron chi connectivity index (χ4n) is 5.06. The highest BCUT2D eigenvalue weighted by Crippen LogP contribution is 2.65. The predicted molar refractivity (Wildman–Crippen MR) is 387 cm³/mol. The highest BCUT2D eigenvalue weighted by Gasteiger charge is 2.34. The smallest absolute Gasteiger partial charge is 0.389 e. The highest BCUT2D eigenvalue weighted by molar-refractivity contribution is 8.55. The molecule has 516 valence electrons. The molecule has 86 heavy (non-hydrogen) atoms. The summed E-state index contributed by atoms with van der Waals surface area (Å²) in [4.78, 5) is 12.6. The van der Waals surface area contributed by atoms with Crippen LogP contribution >= 0.6 is 132 Å². The van der Waals surface area contributed by atoms with E-state index in [0.717, 1.165) is 11.4 Å². The monoisotopic (exact) mass is 1490 g/mol. The van der Waals surface area contributed by atoms with Crippen LogP contribution < -0.4 is 0 Å². The zero-order valence-corrected chi connectivity index (χ0v) is 68.5. The van der Waals surface area contributed by atoms with E-state index in [-0.39, 0.29) is 36.5 Å². The lowest BCUT2D eigenvalue weighted by atomic mass is 10.2. The Hall–Kier alpha value is 4.17. The van der Waals surface area contributed by atoms with Crippen molar-refractivity contribution in [2.45, 2.75) is 202 Å². The second-order valence-corrected chi connectivity index (χ2v) is 47.2. The lowest BCUT2D eigenvalue weighted by Crippen LogP contribution is -2.17. The second-order valence-electron chi connectivity index (χ2n) is 24.0. The van der Waals surface area contributed by atoms with Crippen molar-refractivity contribution in [2.24, 2.45) is 47.3 Å². The maximum Gasteiger partial charge on any atom is 0.389 e. The molecule has 0 rings (SSSR count). The maximum absolute atomic E-state index is 15.1. The molecule has 0 aromatic rings. The Balaban J connectivity index is 6.67. The number of carbonyl (C=O) groups excluding carboxylic acids is 1. The summed E-state index contributed by atoms with van der Waals surface area (Å²) in [7, 11) is -7.92. The van der Waals surface area contributed by atoms with Gasteiger partial charge in [0, 0.05) is 40.3 Å². The molecule has 0 aliphatic heterocycles. The van der Waals surface area contributed by atoms with E-state index < -0.39 is 70.6 Å². The molecule has 31 heteroatoms. The predicted octanol–water partition coefficient (Wildman–Crippen LogP) is 22.4. The van der Waals surface area contributed by atoms with Crippen molar-refractivity contribution >= 4 is 138 Å². The SMILES string of the molecule is CCOC(=O)CCSP(OC(C)CSP(OC(C)CSP(OCC(C)C)OCC(C)C)OC(C)CSP(OCC(C)C)OCC(C)C)OC(C)CSP(=O)(OC(C)CSP(OCC(C)C)OCC(C)C)OC(C)CSP(OCC(C)C)OCC(C)C. The van der Waals surface area contributed by atoms with Crippen LogP contribution in [0.2, 0.25) is 0 Å². The van der Waals surface area contributed by atoms with Gasteiger partial charge in [0.1, 0.15) is 0 Å². The molecule has 0 aromatic heterocycles. The number of esters is 1. The van der Waals surface area contributed by atoms with Gasteiger partial charge in [-0.15, -0.1) is 0 Å². The van der Waals surface area contributed by atoms with Crippen molar-refractivity contribution in [1.29, 1.82) is 0 Å². The fraction of sp³-hybridized carbons (Fsp3) is 0.982. The molecule has 0 bridgehead atoms. The largest absolute Gasteiger partial charge is 0.466 e. The molecule has 17 nitrogen and oxygen atoms in total. The van der Waals surface area contributed by atoms with Gasteiger partial charge in [-0.25, -0.2) is 4.57 Å². The zero-order chi connectivity index (χ0) is 65.2. The van der Waals surface area contributed by atoms with Crippen molar-refractivity contribution in [3.63, 3.8) is 0 Å². The Kier molecular flexibility index (Phi) is 57.8. The average molecular weight is 1490 g/mol. The summed E-state index contributed by atoms with van der Waals surface area (Å²) in [5.41, 5.74) is 0. The Bertz CT molecular complexity index is 1540. The minimum absolute atomic E-state index is 0.175. The van der Waals surface area contributed by atoms with E-state index in [9.17, 15) is 4.79 Å². The van der Waals surface area contributed by atoms with Gasteiger partial charge in [0.15, 0.2) is 0 Å². The van der Waals surface area contributed by atoms with Crippen LogP contribution in [-0.2, 0) is 77.4 Å². The van der Waals surface area contributed by atoms with Gasteiger partial charge in [-0.2, -0.15) is 0 Å². The van der Waals surface area contributed by atoms with Gasteiger partial charge >= 0.3 is 12.8 Å². The summed E-state index contributed by atoms with van der Waals surface area (Å²) in [6.07, 6.45) is -1.88. The molecule has 0 N–H and O–H groups in total. The molecule has 0 aromatic carbocycles. The normalized spacial score (nSPS) is 16.4. The quantitative estimate of drug-likeness (QED) is 0.0415. The second kappa shape index (κ2) is 55.1. The van der Waals surface area contributed by atoms with E-state index in [1.54, 1.807) is 63.8 Å². The van der Waals surface area contributed by atoms with Crippen LogP contribution in [0.25, 0.3) is 0 Å². The van der Waals surface area contributed by atoms with Crippen LogP contribution in [0, 0.1) is 47.3 Å². The lowest BCUT2D eigenvalue weighted by molar-refractivity contribution is -0.142. The van der Waals surface area contributed by atoms with E-state index in [0.29, 0.717) is 141 Å². The third-order valence-corrected chi connectivity index (χ3v) is 33.1. The molecule has 0 amide bonds. The highest BCUT2D eigenvalue weighted by atomic mass is 32.7. The van der Waals surface area contributed by atoms with Crippen LogP contribution in [0.3, 0.4) is 0 Å². The molecule has 0 spiro atoms. The van der Waals surface area contributed by atoms with Crippen molar-refractivity contribution in [3.05, 3.63) is 0 Å². The van der Waals surface area contributed by atoms with E-state index in [1.807, 2.05) is 27.7 Å². The van der Waals surface area contributed by atoms with E-state index >= 15 is 4.57 Å². The van der Waals surface area contributed by atoms with Gasteiger partial charge in [0.05, 0.1) is 103 Å². The summed E-state index contributed by atoms with van der Waals surface area (Å²) in [5, 5.41) is 0. The average Bonchev–Trinajstić information content (AvgIpc) is 2.94. The first-order valence-corrected chi connectivity index (χ1v) is 50.2. The molecule has 0 saturated carbocycles. The number of hydrogen-bond donors (Lipinski definition) is 0. The van der Waals surface area contributed by atoms with Crippen LogP contribution in [0.5, 0.6) is 0 Å². The topological polar surface area (TPSA) is 173 Å². The van der Waals surface area contributed by atoms with Crippen molar-refractivity contribution in [3.8, 4) is 0 Å². The third kappa shape index (κ3) is 55.2. The van der Waals surface area contributed by atoms with Crippen LogP contribution in [0.15, 0.2) is 0 Å². The first-order chi connectivity index (χ1) is 40.4. The van der Waals surface area contributed by atoms with Crippen LogP contribution in [0.1, 0.15) is 166 Å². The van der Waals surface area contributed by atoms with E-state index in [4.69, 9.17) is 68.1 Å². The van der Waals surface area contributed by atoms with Gasteiger partial charge in [0.2, 0.25) is 45.5 Å². The van der Waals surface area contributed by atoms with Crippen molar-refractivity contribution in [1.82, 2.24) is 0 Å². The van der Waals surface area contributed by atoms with E-state index in [1.165, 1.54) is 11.4 Å². The van der Waals surface area contributed by atoms with E-state index in [2.05, 4.69) is 125 Å². The first kappa shape index (κ1) is 90.2. The first-order valence-electron chi connectivity index (χ1n) is 30.4. The van der Waals surface area contributed by atoms with Gasteiger partial charge in [-0.1, -0.05) is 179 Å². The zero-order valence-electron chi connectivity index (χ0n) is 56.5. The molecular weight excluding hydrogens is 1370 g/mol.